The minimum Gasteiger partial charge on any atom is -0.382 e. The molecule has 1 saturated carbocycles. The number of hydrogen-bond donors (Lipinski definition) is 2. The van der Waals surface area contributed by atoms with Crippen molar-refractivity contribution in [2.24, 2.45) is 0 Å². The first-order valence-electron chi connectivity index (χ1n) is 6.51. The molecule has 1 amide bonds. The third kappa shape index (κ3) is 3.93. The molecule has 0 aromatic carbocycles. The smallest absolute Gasteiger partial charge is 0.283 e. The van der Waals surface area contributed by atoms with E-state index in [9.17, 15) is 9.59 Å². The molecule has 0 unspecified atom stereocenters. The van der Waals surface area contributed by atoms with Gasteiger partial charge >= 0.3 is 0 Å². The summed E-state index contributed by atoms with van der Waals surface area (Å²) in [4.78, 5) is 23.4. The van der Waals surface area contributed by atoms with Crippen LogP contribution in [-0.4, -0.2) is 28.3 Å². The maximum Gasteiger partial charge on any atom is 0.283 e. The van der Waals surface area contributed by atoms with Crippen molar-refractivity contribution in [1.29, 1.82) is 0 Å². The first-order chi connectivity index (χ1) is 9.61. The standard InChI is InChI=1S/C13H17BrN4O2/c1-2-7-18-13(20)12(14)10(8-16-18)15-6-5-11(19)17-9-3-4-9/h2,8-9,15H,1,3-7H2,(H,17,19). The van der Waals surface area contributed by atoms with E-state index in [4.69, 9.17) is 0 Å². The summed E-state index contributed by atoms with van der Waals surface area (Å²) in [6.07, 6.45) is 5.70. The average molecular weight is 341 g/mol. The van der Waals surface area contributed by atoms with Gasteiger partial charge in [-0.1, -0.05) is 6.08 Å². The van der Waals surface area contributed by atoms with Gasteiger partial charge in [-0.05, 0) is 28.8 Å². The van der Waals surface area contributed by atoms with E-state index in [2.05, 4.69) is 38.2 Å². The molecule has 1 aliphatic carbocycles. The first kappa shape index (κ1) is 14.8. The van der Waals surface area contributed by atoms with E-state index in [1.54, 1.807) is 12.3 Å². The fraction of sp³-hybridized carbons (Fsp3) is 0.462. The summed E-state index contributed by atoms with van der Waals surface area (Å²) >= 11 is 3.25. The van der Waals surface area contributed by atoms with Gasteiger partial charge in [0.15, 0.2) is 0 Å². The van der Waals surface area contributed by atoms with Gasteiger partial charge in [0.05, 0.1) is 18.4 Å². The van der Waals surface area contributed by atoms with Crippen LogP contribution in [0.25, 0.3) is 0 Å². The zero-order valence-electron chi connectivity index (χ0n) is 11.1. The average Bonchev–Trinajstić information content (AvgIpc) is 3.22. The lowest BCUT2D eigenvalue weighted by molar-refractivity contribution is -0.120. The number of nitrogens with zero attached hydrogens (tertiary/aromatic N) is 2. The normalized spacial score (nSPS) is 13.8. The van der Waals surface area contributed by atoms with E-state index in [1.807, 2.05) is 0 Å². The van der Waals surface area contributed by atoms with Crippen LogP contribution in [0, 0.1) is 0 Å². The van der Waals surface area contributed by atoms with Crippen molar-refractivity contribution < 1.29 is 4.79 Å². The monoisotopic (exact) mass is 340 g/mol. The van der Waals surface area contributed by atoms with Crippen LogP contribution in [0.4, 0.5) is 5.69 Å². The highest BCUT2D eigenvalue weighted by molar-refractivity contribution is 9.10. The molecular formula is C13H17BrN4O2. The van der Waals surface area contributed by atoms with Crippen LogP contribution < -0.4 is 16.2 Å². The number of carbonyl (C=O) groups is 1. The van der Waals surface area contributed by atoms with Crippen molar-refractivity contribution in [2.45, 2.75) is 31.8 Å². The Morgan fingerprint density at radius 3 is 3.00 bits per heavy atom. The molecule has 0 saturated heterocycles. The Hall–Kier alpha value is -1.63. The Morgan fingerprint density at radius 2 is 2.35 bits per heavy atom. The second kappa shape index (κ2) is 6.69. The molecule has 0 atom stereocenters. The molecule has 1 fully saturated rings. The number of anilines is 1. The largest absolute Gasteiger partial charge is 0.382 e. The number of amides is 1. The van der Waals surface area contributed by atoms with E-state index >= 15 is 0 Å². The van der Waals surface area contributed by atoms with Crippen LogP contribution >= 0.6 is 15.9 Å². The molecule has 2 rings (SSSR count). The van der Waals surface area contributed by atoms with Crippen LogP contribution in [0.15, 0.2) is 28.1 Å². The Labute approximate surface area is 125 Å². The number of allylic oxidation sites excluding steroid dienone is 1. The van der Waals surface area contributed by atoms with Gasteiger partial charge < -0.3 is 10.6 Å². The number of nitrogens with one attached hydrogen (secondary N) is 2. The van der Waals surface area contributed by atoms with Gasteiger partial charge in [0.25, 0.3) is 5.56 Å². The summed E-state index contributed by atoms with van der Waals surface area (Å²) in [7, 11) is 0. The zero-order valence-corrected chi connectivity index (χ0v) is 12.6. The molecule has 1 heterocycles. The third-order valence-electron chi connectivity index (χ3n) is 2.90. The SMILES string of the molecule is C=CCn1ncc(NCCC(=O)NC2CC2)c(Br)c1=O. The Bertz CT molecular complexity index is 566. The minimum absolute atomic E-state index is 0.0316. The van der Waals surface area contributed by atoms with Gasteiger partial charge in [-0.3, -0.25) is 9.59 Å². The Kier molecular flexibility index (Phi) is 4.94. The van der Waals surface area contributed by atoms with Gasteiger partial charge in [-0.25, -0.2) is 4.68 Å². The summed E-state index contributed by atoms with van der Waals surface area (Å²) in [5.41, 5.74) is 0.367. The van der Waals surface area contributed by atoms with E-state index < -0.39 is 0 Å². The lowest BCUT2D eigenvalue weighted by Crippen LogP contribution is -2.28. The molecule has 7 heteroatoms. The lowest BCUT2D eigenvalue weighted by Gasteiger charge is -2.09. The van der Waals surface area contributed by atoms with Crippen LogP contribution in [-0.2, 0) is 11.3 Å². The quantitative estimate of drug-likeness (QED) is 0.733. The van der Waals surface area contributed by atoms with E-state index in [0.717, 1.165) is 12.8 Å². The first-order valence-corrected chi connectivity index (χ1v) is 7.31. The summed E-state index contributed by atoms with van der Waals surface area (Å²) in [6, 6.07) is 0.374. The molecule has 20 heavy (non-hydrogen) atoms. The maximum absolute atomic E-state index is 11.9. The molecule has 1 aromatic heterocycles. The predicted octanol–water partition coefficient (Wildman–Crippen LogP) is 1.27. The van der Waals surface area contributed by atoms with Gasteiger partial charge in [0.1, 0.15) is 4.47 Å². The highest BCUT2D eigenvalue weighted by Gasteiger charge is 2.22. The maximum atomic E-state index is 11.9. The number of hydrogen-bond acceptors (Lipinski definition) is 4. The van der Waals surface area contributed by atoms with Gasteiger partial charge in [-0.15, -0.1) is 6.58 Å². The lowest BCUT2D eigenvalue weighted by atomic mass is 10.3. The highest BCUT2D eigenvalue weighted by Crippen LogP contribution is 2.19. The molecule has 0 radical (unpaired) electrons. The van der Waals surface area contributed by atoms with E-state index in [-0.39, 0.29) is 11.5 Å². The summed E-state index contributed by atoms with van der Waals surface area (Å²) in [6.45, 7) is 4.40. The van der Waals surface area contributed by atoms with Crippen LogP contribution in [0.1, 0.15) is 19.3 Å². The summed E-state index contributed by atoms with van der Waals surface area (Å²) < 4.78 is 1.72. The molecule has 6 nitrogen and oxygen atoms in total. The van der Waals surface area contributed by atoms with Crippen LogP contribution in [0.2, 0.25) is 0 Å². The molecule has 2 N–H and O–H groups in total. The molecule has 0 aliphatic heterocycles. The number of halogens is 1. The Morgan fingerprint density at radius 1 is 1.60 bits per heavy atom. The molecule has 1 aromatic rings. The van der Waals surface area contributed by atoms with Crippen LogP contribution in [0.5, 0.6) is 0 Å². The third-order valence-corrected chi connectivity index (χ3v) is 3.66. The summed E-state index contributed by atoms with van der Waals surface area (Å²) in [5, 5.41) is 9.97. The molecule has 1 aliphatic rings. The van der Waals surface area contributed by atoms with E-state index in [0.29, 0.717) is 35.7 Å². The van der Waals surface area contributed by atoms with Gasteiger partial charge in [0, 0.05) is 19.0 Å². The Balaban J connectivity index is 1.89. The summed E-state index contributed by atoms with van der Waals surface area (Å²) in [5.74, 6) is 0.0316. The topological polar surface area (TPSA) is 76.0 Å². The van der Waals surface area contributed by atoms with Crippen LogP contribution in [0.3, 0.4) is 0 Å². The minimum atomic E-state index is -0.225. The number of carbonyl (C=O) groups excluding carboxylic acids is 1. The van der Waals surface area contributed by atoms with Crippen molar-refractivity contribution in [3.05, 3.63) is 33.7 Å². The second-order valence-corrected chi connectivity index (χ2v) is 5.46. The van der Waals surface area contributed by atoms with Crippen molar-refractivity contribution in [2.75, 3.05) is 11.9 Å². The van der Waals surface area contributed by atoms with Crippen molar-refractivity contribution in [3.63, 3.8) is 0 Å². The molecule has 0 bridgehead atoms. The fourth-order valence-electron chi connectivity index (χ4n) is 1.68. The highest BCUT2D eigenvalue weighted by atomic mass is 79.9. The molecular weight excluding hydrogens is 324 g/mol. The molecule has 0 spiro atoms. The number of aromatic nitrogens is 2. The van der Waals surface area contributed by atoms with Crippen molar-refractivity contribution in [1.82, 2.24) is 15.1 Å². The zero-order chi connectivity index (χ0) is 14.5. The van der Waals surface area contributed by atoms with Crippen molar-refractivity contribution in [3.8, 4) is 0 Å². The fourth-order valence-corrected chi connectivity index (χ4v) is 2.13. The number of rotatable bonds is 7. The second-order valence-electron chi connectivity index (χ2n) is 4.67. The van der Waals surface area contributed by atoms with Gasteiger partial charge in [-0.2, -0.15) is 5.10 Å². The van der Waals surface area contributed by atoms with E-state index in [1.165, 1.54) is 4.68 Å². The van der Waals surface area contributed by atoms with Crippen molar-refractivity contribution >= 4 is 27.5 Å². The molecule has 108 valence electrons. The van der Waals surface area contributed by atoms with Gasteiger partial charge in [0.2, 0.25) is 5.91 Å². The predicted molar refractivity (Wildman–Crippen MR) is 80.7 cm³/mol.